The van der Waals surface area contributed by atoms with Gasteiger partial charge >= 0.3 is 0 Å². The molecule has 0 bridgehead atoms. The van der Waals surface area contributed by atoms with E-state index in [-0.39, 0.29) is 17.6 Å². The summed E-state index contributed by atoms with van der Waals surface area (Å²) >= 11 is 0. The van der Waals surface area contributed by atoms with Crippen LogP contribution in [0.25, 0.3) is 0 Å². The number of carbonyl (C=O) groups is 2. The molecule has 148 valence electrons. The second-order valence-electron chi connectivity index (χ2n) is 6.79. The standard InChI is InChI=1S/C21H25FN4O2/c1-23-19(27)15-25-11-13-26(14-12-25)20(16-5-3-2-4-6-16)21(28)24-18-9-7-17(22)8-10-18/h2-10,20H,11-15H2,1H3,(H,23,27)(H,24,28)/t20-/m1/s1. The summed E-state index contributed by atoms with van der Waals surface area (Å²) in [6.45, 7) is 3.13. The maximum Gasteiger partial charge on any atom is 0.246 e. The summed E-state index contributed by atoms with van der Waals surface area (Å²) in [6, 6.07) is 14.9. The summed E-state index contributed by atoms with van der Waals surface area (Å²) in [5.74, 6) is -0.510. The number of carbonyl (C=O) groups excluding carboxylic acids is 2. The first-order valence-electron chi connectivity index (χ1n) is 9.35. The number of halogens is 1. The van der Waals surface area contributed by atoms with Crippen molar-refractivity contribution in [1.29, 1.82) is 0 Å². The Morgan fingerprint density at radius 2 is 1.64 bits per heavy atom. The normalized spacial score (nSPS) is 16.4. The molecule has 0 saturated carbocycles. The zero-order chi connectivity index (χ0) is 19.9. The van der Waals surface area contributed by atoms with Gasteiger partial charge in [0, 0.05) is 38.9 Å². The van der Waals surface area contributed by atoms with Gasteiger partial charge in [0.15, 0.2) is 0 Å². The van der Waals surface area contributed by atoms with E-state index in [1.54, 1.807) is 19.2 Å². The minimum atomic E-state index is -0.451. The van der Waals surface area contributed by atoms with Gasteiger partial charge in [-0.3, -0.25) is 19.4 Å². The van der Waals surface area contributed by atoms with Crippen LogP contribution >= 0.6 is 0 Å². The molecule has 1 fully saturated rings. The molecule has 7 heteroatoms. The van der Waals surface area contributed by atoms with Crippen LogP contribution in [-0.4, -0.2) is 61.4 Å². The van der Waals surface area contributed by atoms with Gasteiger partial charge < -0.3 is 10.6 Å². The summed E-state index contributed by atoms with van der Waals surface area (Å²) in [5.41, 5.74) is 1.47. The fourth-order valence-electron chi connectivity index (χ4n) is 3.37. The molecule has 2 amide bonds. The zero-order valence-corrected chi connectivity index (χ0v) is 15.9. The highest BCUT2D eigenvalue weighted by Gasteiger charge is 2.30. The first-order chi connectivity index (χ1) is 13.6. The summed E-state index contributed by atoms with van der Waals surface area (Å²) in [4.78, 5) is 28.9. The molecule has 1 saturated heterocycles. The van der Waals surface area contributed by atoms with Crippen molar-refractivity contribution in [3.05, 3.63) is 66.0 Å². The van der Waals surface area contributed by atoms with Gasteiger partial charge in [-0.1, -0.05) is 30.3 Å². The first kappa shape index (κ1) is 20.0. The lowest BCUT2D eigenvalue weighted by molar-refractivity contribution is -0.125. The molecule has 1 aliphatic heterocycles. The largest absolute Gasteiger partial charge is 0.358 e. The number of likely N-dealkylation sites (N-methyl/N-ethyl adjacent to an activating group) is 1. The van der Waals surface area contributed by atoms with Crippen molar-refractivity contribution in [3.63, 3.8) is 0 Å². The Kier molecular flexibility index (Phi) is 6.73. The Bertz CT molecular complexity index is 790. The monoisotopic (exact) mass is 384 g/mol. The number of benzene rings is 2. The number of nitrogens with one attached hydrogen (secondary N) is 2. The van der Waals surface area contributed by atoms with Crippen molar-refractivity contribution in [3.8, 4) is 0 Å². The third-order valence-corrected chi connectivity index (χ3v) is 4.89. The van der Waals surface area contributed by atoms with Crippen LogP contribution in [0.4, 0.5) is 10.1 Å². The number of amides is 2. The smallest absolute Gasteiger partial charge is 0.246 e. The molecule has 6 nitrogen and oxygen atoms in total. The van der Waals surface area contributed by atoms with Crippen LogP contribution < -0.4 is 10.6 Å². The molecule has 0 aliphatic carbocycles. The SMILES string of the molecule is CNC(=O)CN1CCN([C@@H](C(=O)Nc2ccc(F)cc2)c2ccccc2)CC1. The fraction of sp³-hybridized carbons (Fsp3) is 0.333. The fourth-order valence-corrected chi connectivity index (χ4v) is 3.37. The van der Waals surface area contributed by atoms with Gasteiger partial charge in [0.2, 0.25) is 11.8 Å². The highest BCUT2D eigenvalue weighted by Crippen LogP contribution is 2.24. The summed E-state index contributed by atoms with van der Waals surface area (Å²) < 4.78 is 13.1. The average Bonchev–Trinajstić information content (AvgIpc) is 2.72. The minimum Gasteiger partial charge on any atom is -0.358 e. The van der Waals surface area contributed by atoms with E-state index in [1.807, 2.05) is 30.3 Å². The Morgan fingerprint density at radius 1 is 1.00 bits per heavy atom. The molecule has 1 aliphatic rings. The van der Waals surface area contributed by atoms with Crippen molar-refractivity contribution in [1.82, 2.24) is 15.1 Å². The highest BCUT2D eigenvalue weighted by atomic mass is 19.1. The molecule has 0 radical (unpaired) electrons. The Morgan fingerprint density at radius 3 is 2.25 bits per heavy atom. The van der Waals surface area contributed by atoms with E-state index in [1.165, 1.54) is 12.1 Å². The third kappa shape index (κ3) is 5.15. The molecule has 3 rings (SSSR count). The van der Waals surface area contributed by atoms with Crippen LogP contribution in [0, 0.1) is 5.82 Å². The number of hydrogen-bond acceptors (Lipinski definition) is 4. The van der Waals surface area contributed by atoms with Crippen molar-refractivity contribution in [2.24, 2.45) is 0 Å². The second kappa shape index (κ2) is 9.43. The number of piperazine rings is 1. The van der Waals surface area contributed by atoms with Crippen LogP contribution in [0.1, 0.15) is 11.6 Å². The van der Waals surface area contributed by atoms with Crippen LogP contribution in [-0.2, 0) is 9.59 Å². The van der Waals surface area contributed by atoms with E-state index in [0.717, 1.165) is 5.56 Å². The molecule has 0 spiro atoms. The molecule has 1 atom stereocenters. The molecule has 1 heterocycles. The minimum absolute atomic E-state index is 0.0119. The van der Waals surface area contributed by atoms with E-state index >= 15 is 0 Å². The molecule has 2 aromatic rings. The van der Waals surface area contributed by atoms with Crippen molar-refractivity contribution < 1.29 is 14.0 Å². The Labute approximate surface area is 164 Å². The topological polar surface area (TPSA) is 64.7 Å². The third-order valence-electron chi connectivity index (χ3n) is 4.89. The van der Waals surface area contributed by atoms with E-state index in [9.17, 15) is 14.0 Å². The van der Waals surface area contributed by atoms with E-state index in [4.69, 9.17) is 0 Å². The molecular weight excluding hydrogens is 359 g/mol. The summed E-state index contributed by atoms with van der Waals surface area (Å²) in [5, 5.41) is 5.53. The summed E-state index contributed by atoms with van der Waals surface area (Å²) in [7, 11) is 1.63. The molecular formula is C21H25FN4O2. The van der Waals surface area contributed by atoms with Gasteiger partial charge in [-0.25, -0.2) is 4.39 Å². The maximum atomic E-state index is 13.1. The van der Waals surface area contributed by atoms with Crippen LogP contribution in [0.15, 0.2) is 54.6 Å². The van der Waals surface area contributed by atoms with Gasteiger partial charge in [0.25, 0.3) is 0 Å². The molecule has 2 aromatic carbocycles. The van der Waals surface area contributed by atoms with Crippen LogP contribution in [0.5, 0.6) is 0 Å². The van der Waals surface area contributed by atoms with Gasteiger partial charge in [0.05, 0.1) is 6.54 Å². The molecule has 0 unspecified atom stereocenters. The molecule has 28 heavy (non-hydrogen) atoms. The van der Waals surface area contributed by atoms with E-state index in [2.05, 4.69) is 20.4 Å². The Balaban J connectivity index is 1.72. The highest BCUT2D eigenvalue weighted by molar-refractivity contribution is 5.95. The predicted molar refractivity (Wildman–Crippen MR) is 106 cm³/mol. The Hall–Kier alpha value is -2.77. The van der Waals surface area contributed by atoms with E-state index < -0.39 is 6.04 Å². The lowest BCUT2D eigenvalue weighted by Gasteiger charge is -2.38. The lowest BCUT2D eigenvalue weighted by atomic mass is 10.0. The van der Waals surface area contributed by atoms with Crippen LogP contribution in [0.3, 0.4) is 0 Å². The number of rotatable bonds is 6. The van der Waals surface area contributed by atoms with Crippen molar-refractivity contribution in [2.75, 3.05) is 45.1 Å². The number of nitrogens with zero attached hydrogens (tertiary/aromatic N) is 2. The predicted octanol–water partition coefficient (Wildman–Crippen LogP) is 1.87. The van der Waals surface area contributed by atoms with Crippen molar-refractivity contribution in [2.45, 2.75) is 6.04 Å². The molecule has 0 aromatic heterocycles. The molecule has 2 N–H and O–H groups in total. The quantitative estimate of drug-likeness (QED) is 0.798. The lowest BCUT2D eigenvalue weighted by Crippen LogP contribution is -2.51. The van der Waals surface area contributed by atoms with Crippen molar-refractivity contribution >= 4 is 17.5 Å². The maximum absolute atomic E-state index is 13.1. The van der Waals surface area contributed by atoms with Gasteiger partial charge in [-0.05, 0) is 29.8 Å². The van der Waals surface area contributed by atoms with Gasteiger partial charge in [0.1, 0.15) is 11.9 Å². The number of hydrogen-bond donors (Lipinski definition) is 2. The summed E-state index contributed by atoms with van der Waals surface area (Å²) in [6.07, 6.45) is 0. The average molecular weight is 384 g/mol. The van der Waals surface area contributed by atoms with Gasteiger partial charge in [-0.15, -0.1) is 0 Å². The second-order valence-corrected chi connectivity index (χ2v) is 6.79. The van der Waals surface area contributed by atoms with Gasteiger partial charge in [-0.2, -0.15) is 0 Å². The zero-order valence-electron chi connectivity index (χ0n) is 15.9. The number of anilines is 1. The van der Waals surface area contributed by atoms with E-state index in [0.29, 0.717) is 38.4 Å². The first-order valence-corrected chi connectivity index (χ1v) is 9.35. The van der Waals surface area contributed by atoms with Crippen LogP contribution in [0.2, 0.25) is 0 Å².